The molecular formula is C19H18N2O2. The molecule has 0 aliphatic carbocycles. The van der Waals surface area contributed by atoms with Crippen LogP contribution in [-0.4, -0.2) is 10.9 Å². The van der Waals surface area contributed by atoms with Crippen LogP contribution in [0.4, 0.5) is 0 Å². The van der Waals surface area contributed by atoms with Crippen LogP contribution in [0.5, 0.6) is 0 Å². The van der Waals surface area contributed by atoms with E-state index in [4.69, 9.17) is 0 Å². The Bertz CT molecular complexity index is 928. The van der Waals surface area contributed by atoms with Gasteiger partial charge >= 0.3 is 0 Å². The van der Waals surface area contributed by atoms with Gasteiger partial charge in [-0.2, -0.15) is 0 Å². The number of pyridine rings is 1. The lowest BCUT2D eigenvalue weighted by Crippen LogP contribution is -2.31. The molecule has 0 bridgehead atoms. The third kappa shape index (κ3) is 3.16. The van der Waals surface area contributed by atoms with Crippen molar-refractivity contribution >= 4 is 16.7 Å². The van der Waals surface area contributed by atoms with E-state index in [1.165, 1.54) is 0 Å². The number of H-pyrrole nitrogens is 1. The molecule has 2 aromatic carbocycles. The van der Waals surface area contributed by atoms with Crippen LogP contribution in [0.15, 0.2) is 59.4 Å². The van der Waals surface area contributed by atoms with E-state index in [1.54, 1.807) is 19.1 Å². The van der Waals surface area contributed by atoms with Gasteiger partial charge in [0.25, 0.3) is 11.5 Å². The first kappa shape index (κ1) is 15.0. The van der Waals surface area contributed by atoms with Gasteiger partial charge < -0.3 is 10.3 Å². The van der Waals surface area contributed by atoms with Gasteiger partial charge in [0.1, 0.15) is 5.56 Å². The molecule has 0 saturated heterocycles. The lowest BCUT2D eigenvalue weighted by molar-refractivity contribution is 0.0938. The van der Waals surface area contributed by atoms with E-state index < -0.39 is 0 Å². The fourth-order valence-corrected chi connectivity index (χ4v) is 2.59. The van der Waals surface area contributed by atoms with E-state index in [0.29, 0.717) is 0 Å². The second-order valence-electron chi connectivity index (χ2n) is 5.69. The summed E-state index contributed by atoms with van der Waals surface area (Å²) < 4.78 is 0. The van der Waals surface area contributed by atoms with Crippen LogP contribution in [0.1, 0.15) is 34.6 Å². The molecule has 0 radical (unpaired) electrons. The highest BCUT2D eigenvalue weighted by Gasteiger charge is 2.14. The standard InChI is InChI=1S/C19H18N2O2/c1-12-7-10-17(18(22)20-12)19(23)21-13(2)15-9-8-14-5-3-4-6-16(14)11-15/h3-11,13H,1-2H3,(H,20,22)(H,21,23). The Kier molecular flexibility index (Phi) is 3.98. The number of carbonyl (C=O) groups is 1. The smallest absolute Gasteiger partial charge is 0.260 e. The number of carbonyl (C=O) groups excluding carboxylic acids is 1. The maximum atomic E-state index is 12.3. The first-order chi connectivity index (χ1) is 11.0. The molecule has 0 spiro atoms. The minimum atomic E-state index is -0.369. The Morgan fingerprint density at radius 1 is 1.04 bits per heavy atom. The Hall–Kier alpha value is -2.88. The van der Waals surface area contributed by atoms with Gasteiger partial charge in [-0.15, -0.1) is 0 Å². The Morgan fingerprint density at radius 3 is 2.52 bits per heavy atom. The summed E-state index contributed by atoms with van der Waals surface area (Å²) in [6.07, 6.45) is 0. The van der Waals surface area contributed by atoms with Crippen LogP contribution in [-0.2, 0) is 0 Å². The van der Waals surface area contributed by atoms with E-state index >= 15 is 0 Å². The molecule has 0 fully saturated rings. The zero-order valence-corrected chi connectivity index (χ0v) is 13.1. The summed E-state index contributed by atoms with van der Waals surface area (Å²) in [5.41, 5.74) is 1.49. The first-order valence-corrected chi connectivity index (χ1v) is 7.54. The molecule has 1 aromatic heterocycles. The van der Waals surface area contributed by atoms with Gasteiger partial charge in [-0.05, 0) is 48.4 Å². The highest BCUT2D eigenvalue weighted by molar-refractivity contribution is 5.94. The van der Waals surface area contributed by atoms with Crippen LogP contribution < -0.4 is 10.9 Å². The predicted octanol–water partition coefficient (Wildman–Crippen LogP) is 3.33. The average Bonchev–Trinajstić information content (AvgIpc) is 2.54. The van der Waals surface area contributed by atoms with Crippen LogP contribution in [0.2, 0.25) is 0 Å². The van der Waals surface area contributed by atoms with Crippen LogP contribution in [0, 0.1) is 6.92 Å². The number of aromatic nitrogens is 1. The topological polar surface area (TPSA) is 62.0 Å². The molecular weight excluding hydrogens is 288 g/mol. The van der Waals surface area contributed by atoms with E-state index in [2.05, 4.69) is 16.4 Å². The van der Waals surface area contributed by atoms with Crippen molar-refractivity contribution in [3.8, 4) is 0 Å². The van der Waals surface area contributed by atoms with Gasteiger partial charge in [0.05, 0.1) is 6.04 Å². The Labute approximate surface area is 134 Å². The van der Waals surface area contributed by atoms with Gasteiger partial charge in [0.2, 0.25) is 0 Å². The average molecular weight is 306 g/mol. The minimum absolute atomic E-state index is 0.128. The quantitative estimate of drug-likeness (QED) is 0.779. The van der Waals surface area contributed by atoms with E-state index in [0.717, 1.165) is 22.0 Å². The number of hydrogen-bond acceptors (Lipinski definition) is 2. The highest BCUT2D eigenvalue weighted by Crippen LogP contribution is 2.20. The molecule has 4 nitrogen and oxygen atoms in total. The maximum absolute atomic E-state index is 12.3. The number of aryl methyl sites for hydroxylation is 1. The lowest BCUT2D eigenvalue weighted by Gasteiger charge is -2.15. The van der Waals surface area contributed by atoms with Gasteiger partial charge in [-0.1, -0.05) is 36.4 Å². The third-order valence-electron chi connectivity index (χ3n) is 3.92. The fraction of sp³-hybridized carbons (Fsp3) is 0.158. The molecule has 0 saturated carbocycles. The van der Waals surface area contributed by atoms with Crippen molar-refractivity contribution in [2.24, 2.45) is 0 Å². The molecule has 23 heavy (non-hydrogen) atoms. The molecule has 2 N–H and O–H groups in total. The fourth-order valence-electron chi connectivity index (χ4n) is 2.59. The zero-order chi connectivity index (χ0) is 16.4. The van der Waals surface area contributed by atoms with Crippen molar-refractivity contribution in [1.82, 2.24) is 10.3 Å². The summed E-state index contributed by atoms with van der Waals surface area (Å²) in [7, 11) is 0. The van der Waals surface area contributed by atoms with Crippen molar-refractivity contribution < 1.29 is 4.79 Å². The summed E-state index contributed by atoms with van der Waals surface area (Å²) in [4.78, 5) is 26.8. The lowest BCUT2D eigenvalue weighted by atomic mass is 10.0. The molecule has 4 heteroatoms. The van der Waals surface area contributed by atoms with Crippen molar-refractivity contribution in [3.05, 3.63) is 81.8 Å². The Morgan fingerprint density at radius 2 is 1.78 bits per heavy atom. The van der Waals surface area contributed by atoms with Gasteiger partial charge in [-0.3, -0.25) is 9.59 Å². The molecule has 1 unspecified atom stereocenters. The first-order valence-electron chi connectivity index (χ1n) is 7.54. The van der Waals surface area contributed by atoms with Gasteiger partial charge in [-0.25, -0.2) is 0 Å². The van der Waals surface area contributed by atoms with Crippen molar-refractivity contribution in [1.29, 1.82) is 0 Å². The van der Waals surface area contributed by atoms with E-state index in [1.807, 2.05) is 43.3 Å². The second kappa shape index (κ2) is 6.08. The molecule has 0 aliphatic heterocycles. The maximum Gasteiger partial charge on any atom is 0.260 e. The van der Waals surface area contributed by atoms with E-state index in [9.17, 15) is 9.59 Å². The number of rotatable bonds is 3. The molecule has 3 aromatic rings. The predicted molar refractivity (Wildman–Crippen MR) is 91.6 cm³/mol. The number of nitrogens with one attached hydrogen (secondary N) is 2. The van der Waals surface area contributed by atoms with E-state index in [-0.39, 0.29) is 23.1 Å². The number of hydrogen-bond donors (Lipinski definition) is 2. The summed E-state index contributed by atoms with van der Waals surface area (Å²) in [5.74, 6) is -0.369. The van der Waals surface area contributed by atoms with Crippen molar-refractivity contribution in [2.75, 3.05) is 0 Å². The summed E-state index contributed by atoms with van der Waals surface area (Å²) in [6.45, 7) is 3.69. The zero-order valence-electron chi connectivity index (χ0n) is 13.1. The molecule has 3 rings (SSSR count). The molecule has 116 valence electrons. The number of benzene rings is 2. The van der Waals surface area contributed by atoms with Crippen molar-refractivity contribution in [3.63, 3.8) is 0 Å². The number of amides is 1. The number of aromatic amines is 1. The number of fused-ring (bicyclic) bond motifs is 1. The molecule has 1 amide bonds. The molecule has 1 heterocycles. The third-order valence-corrected chi connectivity index (χ3v) is 3.92. The summed E-state index contributed by atoms with van der Waals surface area (Å²) in [6, 6.07) is 17.2. The largest absolute Gasteiger partial charge is 0.345 e. The van der Waals surface area contributed by atoms with Crippen molar-refractivity contribution in [2.45, 2.75) is 19.9 Å². The van der Waals surface area contributed by atoms with Crippen LogP contribution >= 0.6 is 0 Å². The summed E-state index contributed by atoms with van der Waals surface area (Å²) >= 11 is 0. The summed E-state index contributed by atoms with van der Waals surface area (Å²) in [5, 5.41) is 5.16. The van der Waals surface area contributed by atoms with Crippen LogP contribution in [0.3, 0.4) is 0 Å². The minimum Gasteiger partial charge on any atom is -0.345 e. The van der Waals surface area contributed by atoms with Crippen LogP contribution in [0.25, 0.3) is 10.8 Å². The van der Waals surface area contributed by atoms with Gasteiger partial charge in [0, 0.05) is 5.69 Å². The monoisotopic (exact) mass is 306 g/mol. The Balaban J connectivity index is 1.83. The normalized spacial score (nSPS) is 12.1. The van der Waals surface area contributed by atoms with Gasteiger partial charge in [0.15, 0.2) is 0 Å². The molecule has 1 atom stereocenters. The second-order valence-corrected chi connectivity index (χ2v) is 5.69. The molecule has 0 aliphatic rings. The SMILES string of the molecule is Cc1ccc(C(=O)NC(C)c2ccc3ccccc3c2)c(=O)[nH]1. The highest BCUT2D eigenvalue weighted by atomic mass is 16.2.